The second-order valence-corrected chi connectivity index (χ2v) is 6.83. The summed E-state index contributed by atoms with van der Waals surface area (Å²) >= 11 is 0. The molecule has 7 heteroatoms. The lowest BCUT2D eigenvalue weighted by atomic mass is 10.0. The highest BCUT2D eigenvalue weighted by Gasteiger charge is 2.49. The van der Waals surface area contributed by atoms with Crippen LogP contribution in [0.1, 0.15) is 41.5 Å². The van der Waals surface area contributed by atoms with Crippen LogP contribution in [-0.4, -0.2) is 53.5 Å². The maximum absolute atomic E-state index is 12.2. The molecule has 21 heavy (non-hydrogen) atoms. The summed E-state index contributed by atoms with van der Waals surface area (Å²) in [4.78, 5) is 24.3. The fraction of sp³-hybridized carbons (Fsp3) is 0.857. The van der Waals surface area contributed by atoms with Crippen LogP contribution in [0, 0.1) is 0 Å². The number of rotatable bonds is 6. The summed E-state index contributed by atoms with van der Waals surface area (Å²) in [5, 5.41) is 13.2. The van der Waals surface area contributed by atoms with E-state index in [9.17, 15) is 14.7 Å². The van der Waals surface area contributed by atoms with Gasteiger partial charge in [-0.2, -0.15) is 0 Å². The van der Waals surface area contributed by atoms with Crippen LogP contribution in [0.15, 0.2) is 0 Å². The van der Waals surface area contributed by atoms with Gasteiger partial charge in [0.15, 0.2) is 0 Å². The molecule has 0 saturated carbocycles. The highest BCUT2D eigenvalue weighted by molar-refractivity contribution is 6.03. The molecule has 0 aliphatic heterocycles. The smallest absolute Gasteiger partial charge is 0.351 e. The maximum atomic E-state index is 12.2. The van der Waals surface area contributed by atoms with Gasteiger partial charge in [-0.05, 0) is 41.5 Å². The summed E-state index contributed by atoms with van der Waals surface area (Å²) in [6.45, 7) is 10.2. The van der Waals surface area contributed by atoms with E-state index in [1.807, 2.05) is 0 Å². The van der Waals surface area contributed by atoms with Crippen LogP contribution in [0.25, 0.3) is 0 Å². The first-order valence-electron chi connectivity index (χ1n) is 6.92. The molecule has 0 aliphatic carbocycles. The lowest BCUT2D eigenvalue weighted by Gasteiger charge is -2.31. The maximum Gasteiger partial charge on any atom is 0.351 e. The minimum atomic E-state index is -2.41. The highest BCUT2D eigenvalue weighted by Crippen LogP contribution is 2.19. The molecule has 0 bridgehead atoms. The van der Waals surface area contributed by atoms with Gasteiger partial charge in [0.1, 0.15) is 11.2 Å². The van der Waals surface area contributed by atoms with Crippen LogP contribution >= 0.6 is 0 Å². The quantitative estimate of drug-likeness (QED) is 0.358. The Morgan fingerprint density at radius 1 is 1.00 bits per heavy atom. The van der Waals surface area contributed by atoms with Crippen LogP contribution < -0.4 is 11.1 Å². The topological polar surface area (TPSA) is 111 Å². The number of aliphatic hydroxyl groups is 1. The van der Waals surface area contributed by atoms with Gasteiger partial charge in [0.25, 0.3) is 5.60 Å². The number of ether oxygens (including phenoxy) is 2. The van der Waals surface area contributed by atoms with Gasteiger partial charge in [-0.3, -0.25) is 0 Å². The van der Waals surface area contributed by atoms with Crippen LogP contribution in [0.2, 0.25) is 0 Å². The molecule has 0 atom stereocenters. The Kier molecular flexibility index (Phi) is 6.79. The molecular formula is C14H28N2O5. The first-order valence-corrected chi connectivity index (χ1v) is 6.92. The molecule has 0 aromatic heterocycles. The number of nitrogens with one attached hydrogen (secondary N) is 1. The van der Waals surface area contributed by atoms with Gasteiger partial charge in [-0.15, -0.1) is 0 Å². The number of nitrogens with two attached hydrogens (primary N) is 1. The van der Waals surface area contributed by atoms with E-state index in [-0.39, 0.29) is 6.54 Å². The molecular weight excluding hydrogens is 276 g/mol. The zero-order chi connectivity index (χ0) is 16.9. The number of hydrogen-bond acceptors (Lipinski definition) is 7. The molecule has 0 radical (unpaired) electrons. The fourth-order valence-electron chi connectivity index (χ4n) is 1.32. The predicted molar refractivity (Wildman–Crippen MR) is 78.6 cm³/mol. The zero-order valence-electron chi connectivity index (χ0n) is 13.8. The third kappa shape index (κ3) is 7.40. The van der Waals surface area contributed by atoms with E-state index in [2.05, 4.69) is 5.32 Å². The number of carbonyl (C=O) groups is 2. The molecule has 0 aromatic rings. The van der Waals surface area contributed by atoms with Crippen molar-refractivity contribution in [3.63, 3.8) is 0 Å². The van der Waals surface area contributed by atoms with Crippen LogP contribution in [0.5, 0.6) is 0 Å². The molecule has 0 spiro atoms. The average Bonchev–Trinajstić information content (AvgIpc) is 2.24. The fourth-order valence-corrected chi connectivity index (χ4v) is 1.32. The van der Waals surface area contributed by atoms with Crippen molar-refractivity contribution >= 4 is 11.9 Å². The molecule has 0 amide bonds. The molecule has 0 rings (SSSR count). The van der Waals surface area contributed by atoms with Crippen molar-refractivity contribution in [2.75, 3.05) is 19.6 Å². The largest absolute Gasteiger partial charge is 0.457 e. The normalized spacial score (nSPS) is 13.0. The van der Waals surface area contributed by atoms with Gasteiger partial charge >= 0.3 is 11.9 Å². The molecule has 0 unspecified atom stereocenters. The number of carbonyl (C=O) groups excluding carboxylic acids is 2. The summed E-state index contributed by atoms with van der Waals surface area (Å²) in [6, 6.07) is 0. The van der Waals surface area contributed by atoms with Crippen LogP contribution in [0.3, 0.4) is 0 Å². The summed E-state index contributed by atoms with van der Waals surface area (Å²) in [7, 11) is 0. The molecule has 7 nitrogen and oxygen atoms in total. The summed E-state index contributed by atoms with van der Waals surface area (Å²) < 4.78 is 10.2. The number of hydrogen-bond donors (Lipinski definition) is 3. The van der Waals surface area contributed by atoms with Crippen molar-refractivity contribution in [3.05, 3.63) is 0 Å². The average molecular weight is 304 g/mol. The van der Waals surface area contributed by atoms with Crippen LogP contribution in [-0.2, 0) is 19.1 Å². The minimum Gasteiger partial charge on any atom is -0.457 e. The first-order chi connectivity index (χ1) is 9.32. The lowest BCUT2D eigenvalue weighted by molar-refractivity contribution is -0.195. The second-order valence-electron chi connectivity index (χ2n) is 6.83. The van der Waals surface area contributed by atoms with E-state index in [1.165, 1.54) is 0 Å². The van der Waals surface area contributed by atoms with Crippen molar-refractivity contribution < 1.29 is 24.2 Å². The van der Waals surface area contributed by atoms with Gasteiger partial charge in [0, 0.05) is 19.6 Å². The van der Waals surface area contributed by atoms with Crippen molar-refractivity contribution in [2.45, 2.75) is 58.3 Å². The monoisotopic (exact) mass is 304 g/mol. The number of esters is 2. The molecule has 0 aromatic carbocycles. The molecule has 0 aliphatic rings. The summed E-state index contributed by atoms with van der Waals surface area (Å²) in [5.74, 6) is -2.09. The summed E-state index contributed by atoms with van der Waals surface area (Å²) in [6.07, 6.45) is 0. The lowest BCUT2D eigenvalue weighted by Crippen LogP contribution is -2.58. The predicted octanol–water partition coefficient (Wildman–Crippen LogP) is -0.0508. The Labute approximate surface area is 126 Å². The molecule has 124 valence electrons. The van der Waals surface area contributed by atoms with E-state index in [0.29, 0.717) is 13.1 Å². The van der Waals surface area contributed by atoms with Gasteiger partial charge in [0.05, 0.1) is 0 Å². The van der Waals surface area contributed by atoms with Gasteiger partial charge in [-0.1, -0.05) is 0 Å². The third-order valence-electron chi connectivity index (χ3n) is 2.18. The van der Waals surface area contributed by atoms with E-state index in [1.54, 1.807) is 41.5 Å². The van der Waals surface area contributed by atoms with E-state index >= 15 is 0 Å². The summed E-state index contributed by atoms with van der Waals surface area (Å²) in [5.41, 5.74) is 1.27. The molecule has 0 fully saturated rings. The van der Waals surface area contributed by atoms with Crippen molar-refractivity contribution in [1.82, 2.24) is 5.32 Å². The van der Waals surface area contributed by atoms with Gasteiger partial charge in [0.2, 0.25) is 0 Å². The van der Waals surface area contributed by atoms with Crippen LogP contribution in [0.4, 0.5) is 0 Å². The SMILES string of the molecule is CC(C)(C)OC(=O)C(O)(CNCCN)C(=O)OC(C)(C)C. The molecule has 0 heterocycles. The minimum absolute atomic E-state index is 0.304. The molecule has 0 saturated heterocycles. The van der Waals surface area contributed by atoms with E-state index < -0.39 is 28.7 Å². The van der Waals surface area contributed by atoms with Crippen molar-refractivity contribution in [2.24, 2.45) is 5.73 Å². The Morgan fingerprint density at radius 2 is 1.38 bits per heavy atom. The van der Waals surface area contributed by atoms with E-state index in [4.69, 9.17) is 15.2 Å². The Balaban J connectivity index is 5.16. The first kappa shape index (κ1) is 19.8. The zero-order valence-corrected chi connectivity index (χ0v) is 13.8. The van der Waals surface area contributed by atoms with Crippen molar-refractivity contribution in [3.8, 4) is 0 Å². The standard InChI is InChI=1S/C14H28N2O5/c1-12(2,3)20-10(17)14(19,9-16-8-7-15)11(18)21-13(4,5)6/h16,19H,7-9,15H2,1-6H3. The van der Waals surface area contributed by atoms with Gasteiger partial charge < -0.3 is 25.6 Å². The Hall–Kier alpha value is -1.18. The van der Waals surface area contributed by atoms with Crippen molar-refractivity contribution in [1.29, 1.82) is 0 Å². The Morgan fingerprint density at radius 3 is 1.67 bits per heavy atom. The van der Waals surface area contributed by atoms with E-state index in [0.717, 1.165) is 0 Å². The second kappa shape index (κ2) is 7.20. The van der Waals surface area contributed by atoms with Gasteiger partial charge in [-0.25, -0.2) is 9.59 Å². The Bertz CT molecular complexity index is 341. The molecule has 4 N–H and O–H groups in total. The highest BCUT2D eigenvalue weighted by atomic mass is 16.6. The third-order valence-corrected chi connectivity index (χ3v) is 2.18.